The molecule has 0 aliphatic heterocycles. The van der Waals surface area contributed by atoms with Gasteiger partial charge in [-0.05, 0) is 11.5 Å². The molecule has 2 aromatic rings. The molecule has 1 heterocycles. The van der Waals surface area contributed by atoms with E-state index in [4.69, 9.17) is 9.79 Å². The topological polar surface area (TPSA) is 70.4 Å². The summed E-state index contributed by atoms with van der Waals surface area (Å²) in [4.78, 5) is 21.8. The van der Waals surface area contributed by atoms with Crippen LogP contribution < -0.4 is 0 Å². The highest BCUT2D eigenvalue weighted by Gasteiger charge is 2.16. The van der Waals surface area contributed by atoms with Gasteiger partial charge >= 0.3 is 7.60 Å². The van der Waals surface area contributed by atoms with E-state index >= 15 is 0 Å². The first-order chi connectivity index (χ1) is 7.06. The maximum Gasteiger partial charge on any atom is 0.331 e. The quantitative estimate of drug-likeness (QED) is 0.763. The minimum atomic E-state index is -4.05. The highest BCUT2D eigenvalue weighted by molar-refractivity contribution is 7.50. The van der Waals surface area contributed by atoms with E-state index < -0.39 is 7.60 Å². The van der Waals surface area contributed by atoms with Crippen LogP contribution in [0.4, 0.5) is 0 Å². The Morgan fingerprint density at radius 3 is 2.67 bits per heavy atom. The van der Waals surface area contributed by atoms with Gasteiger partial charge in [-0.25, -0.2) is 0 Å². The normalized spacial score (nSPS) is 11.9. The molecule has 0 atom stereocenters. The zero-order valence-electron chi connectivity index (χ0n) is 7.87. The Kier molecular flexibility index (Phi) is 2.57. The summed E-state index contributed by atoms with van der Waals surface area (Å²) in [7, 11) is -4.05. The second-order valence-electron chi connectivity index (χ2n) is 3.30. The largest absolute Gasteiger partial charge is 0.331 e. The molecule has 0 spiro atoms. The summed E-state index contributed by atoms with van der Waals surface area (Å²) in [6, 6.07) is 9.23. The van der Waals surface area contributed by atoms with E-state index in [2.05, 4.69) is 4.98 Å². The van der Waals surface area contributed by atoms with Crippen molar-refractivity contribution in [1.82, 2.24) is 4.98 Å². The third-order valence-corrected chi connectivity index (χ3v) is 2.82. The monoisotopic (exact) mass is 223 g/mol. The van der Waals surface area contributed by atoms with Crippen molar-refractivity contribution in [2.45, 2.75) is 6.16 Å². The van der Waals surface area contributed by atoms with Crippen molar-refractivity contribution < 1.29 is 14.4 Å². The summed E-state index contributed by atoms with van der Waals surface area (Å²) in [5, 5.41) is 1.74. The van der Waals surface area contributed by atoms with Crippen LogP contribution in [0, 0.1) is 0 Å². The fourth-order valence-electron chi connectivity index (χ4n) is 1.50. The van der Waals surface area contributed by atoms with Gasteiger partial charge in [0, 0.05) is 11.6 Å². The first-order valence-electron chi connectivity index (χ1n) is 4.43. The fraction of sp³-hybridized carbons (Fsp3) is 0.100. The molecule has 0 amide bonds. The summed E-state index contributed by atoms with van der Waals surface area (Å²) in [5.74, 6) is 0. The molecule has 0 fully saturated rings. The molecule has 2 rings (SSSR count). The van der Waals surface area contributed by atoms with E-state index in [1.165, 1.54) is 0 Å². The van der Waals surface area contributed by atoms with Gasteiger partial charge in [0.25, 0.3) is 0 Å². The third kappa shape index (κ3) is 2.42. The second-order valence-corrected chi connectivity index (χ2v) is 4.95. The number of hydrogen-bond acceptors (Lipinski definition) is 2. The first-order valence-corrected chi connectivity index (χ1v) is 6.23. The standard InChI is InChI=1S/C10H10NO3P/c12-15(13,14)7-10-9-4-2-1-3-8(9)5-6-11-10/h1-6H,7H2,(H2,12,13,14). The van der Waals surface area contributed by atoms with Gasteiger partial charge in [0.05, 0.1) is 11.9 Å². The van der Waals surface area contributed by atoms with Crippen LogP contribution in [-0.2, 0) is 10.7 Å². The lowest BCUT2D eigenvalue weighted by atomic mass is 10.1. The lowest BCUT2D eigenvalue weighted by Crippen LogP contribution is -1.92. The lowest BCUT2D eigenvalue weighted by Gasteiger charge is -2.06. The highest BCUT2D eigenvalue weighted by Crippen LogP contribution is 2.39. The van der Waals surface area contributed by atoms with Crippen LogP contribution in [0.2, 0.25) is 0 Å². The van der Waals surface area contributed by atoms with Crippen LogP contribution >= 0.6 is 7.60 Å². The molecule has 0 aliphatic rings. The Morgan fingerprint density at radius 1 is 1.20 bits per heavy atom. The van der Waals surface area contributed by atoms with Gasteiger partial charge in [-0.3, -0.25) is 9.55 Å². The van der Waals surface area contributed by atoms with E-state index in [0.717, 1.165) is 10.8 Å². The van der Waals surface area contributed by atoms with E-state index in [9.17, 15) is 4.57 Å². The maximum atomic E-state index is 10.9. The van der Waals surface area contributed by atoms with Crippen molar-refractivity contribution in [3.05, 3.63) is 42.2 Å². The summed E-state index contributed by atoms with van der Waals surface area (Å²) >= 11 is 0. The maximum absolute atomic E-state index is 10.9. The number of hydrogen-bond donors (Lipinski definition) is 2. The van der Waals surface area contributed by atoms with E-state index in [1.54, 1.807) is 6.20 Å². The third-order valence-electron chi connectivity index (χ3n) is 2.11. The number of aromatic nitrogens is 1. The smallest absolute Gasteiger partial charge is 0.324 e. The van der Waals surface area contributed by atoms with Crippen LogP contribution in [0.3, 0.4) is 0 Å². The molecule has 5 heteroatoms. The number of pyridine rings is 1. The molecule has 78 valence electrons. The Labute approximate surface area is 86.7 Å². The summed E-state index contributed by atoms with van der Waals surface area (Å²) in [6.45, 7) is 0. The summed E-state index contributed by atoms with van der Waals surface area (Å²) in [6.07, 6.45) is 1.25. The van der Waals surface area contributed by atoms with Gasteiger partial charge < -0.3 is 9.79 Å². The number of nitrogens with zero attached hydrogens (tertiary/aromatic N) is 1. The lowest BCUT2D eigenvalue weighted by molar-refractivity contribution is 0.371. The van der Waals surface area contributed by atoms with E-state index in [-0.39, 0.29) is 6.16 Å². The molecular formula is C10H10NO3P. The van der Waals surface area contributed by atoms with Gasteiger partial charge in [-0.2, -0.15) is 0 Å². The molecule has 0 aliphatic carbocycles. The number of fused-ring (bicyclic) bond motifs is 1. The number of rotatable bonds is 2. The van der Waals surface area contributed by atoms with Crippen LogP contribution in [0.5, 0.6) is 0 Å². The van der Waals surface area contributed by atoms with Gasteiger partial charge in [0.2, 0.25) is 0 Å². The number of benzene rings is 1. The molecular weight excluding hydrogens is 213 g/mol. The van der Waals surface area contributed by atoms with Crippen LogP contribution in [0.15, 0.2) is 36.5 Å². The van der Waals surface area contributed by atoms with Crippen molar-refractivity contribution in [3.8, 4) is 0 Å². The molecule has 15 heavy (non-hydrogen) atoms. The molecule has 1 aromatic heterocycles. The van der Waals surface area contributed by atoms with Gasteiger partial charge in [0.1, 0.15) is 0 Å². The second kappa shape index (κ2) is 3.74. The highest BCUT2D eigenvalue weighted by atomic mass is 31.2. The van der Waals surface area contributed by atoms with E-state index in [0.29, 0.717) is 5.69 Å². The van der Waals surface area contributed by atoms with Crippen molar-refractivity contribution in [3.63, 3.8) is 0 Å². The first kappa shape index (κ1) is 10.3. The Balaban J connectivity index is 2.56. The van der Waals surface area contributed by atoms with Crippen LogP contribution in [0.1, 0.15) is 5.69 Å². The fourth-order valence-corrected chi connectivity index (χ4v) is 2.15. The summed E-state index contributed by atoms with van der Waals surface area (Å²) in [5.41, 5.74) is 0.446. The minimum Gasteiger partial charge on any atom is -0.324 e. The predicted molar refractivity (Wildman–Crippen MR) is 57.5 cm³/mol. The average Bonchev–Trinajstić information content (AvgIpc) is 2.16. The van der Waals surface area contributed by atoms with E-state index in [1.807, 2.05) is 30.3 Å². The molecule has 2 N–H and O–H groups in total. The molecule has 0 saturated carbocycles. The average molecular weight is 223 g/mol. The Hall–Kier alpha value is -1.22. The van der Waals surface area contributed by atoms with Crippen LogP contribution in [-0.4, -0.2) is 14.8 Å². The molecule has 0 unspecified atom stereocenters. The van der Waals surface area contributed by atoms with Gasteiger partial charge in [-0.1, -0.05) is 24.3 Å². The van der Waals surface area contributed by atoms with Crippen molar-refractivity contribution >= 4 is 18.4 Å². The van der Waals surface area contributed by atoms with Crippen LogP contribution in [0.25, 0.3) is 10.8 Å². The van der Waals surface area contributed by atoms with Gasteiger partial charge in [-0.15, -0.1) is 0 Å². The molecule has 0 saturated heterocycles. The molecule has 4 nitrogen and oxygen atoms in total. The molecule has 0 bridgehead atoms. The van der Waals surface area contributed by atoms with Crippen molar-refractivity contribution in [2.75, 3.05) is 0 Å². The summed E-state index contributed by atoms with van der Waals surface area (Å²) < 4.78 is 10.9. The Morgan fingerprint density at radius 2 is 1.93 bits per heavy atom. The van der Waals surface area contributed by atoms with Gasteiger partial charge in [0.15, 0.2) is 0 Å². The zero-order valence-corrected chi connectivity index (χ0v) is 8.76. The van der Waals surface area contributed by atoms with Crippen molar-refractivity contribution in [1.29, 1.82) is 0 Å². The minimum absolute atomic E-state index is 0.311. The Bertz CT molecular complexity index is 530. The predicted octanol–water partition coefficient (Wildman–Crippen LogP) is 1.91. The molecule has 1 aromatic carbocycles. The molecule has 0 radical (unpaired) electrons. The SMILES string of the molecule is O=P(O)(O)Cc1nccc2ccccc12. The zero-order chi connectivity index (χ0) is 10.9. The van der Waals surface area contributed by atoms with Crippen molar-refractivity contribution in [2.24, 2.45) is 0 Å².